The second-order valence-electron chi connectivity index (χ2n) is 4.36. The third kappa shape index (κ3) is 3.33. The van der Waals surface area contributed by atoms with Crippen molar-refractivity contribution in [3.8, 4) is 0 Å². The van der Waals surface area contributed by atoms with E-state index in [2.05, 4.69) is 27.8 Å². The quantitative estimate of drug-likeness (QED) is 0.829. The van der Waals surface area contributed by atoms with Gasteiger partial charge >= 0.3 is 5.97 Å². The molecule has 1 saturated carbocycles. The number of carbonyl (C=O) groups excluding carboxylic acids is 1. The molecule has 0 aromatic rings. The van der Waals surface area contributed by atoms with E-state index in [0.29, 0.717) is 29.8 Å². The van der Waals surface area contributed by atoms with Gasteiger partial charge in [-0.2, -0.15) is 0 Å². The molecule has 1 fully saturated rings. The minimum atomic E-state index is -0.873. The Kier molecular flexibility index (Phi) is 4.53. The smallest absolute Gasteiger partial charge is 0.307 e. The summed E-state index contributed by atoms with van der Waals surface area (Å²) in [6, 6.07) is 0. The van der Waals surface area contributed by atoms with Crippen LogP contribution in [0, 0.1) is 17.8 Å². The van der Waals surface area contributed by atoms with Crippen LogP contribution in [0.1, 0.15) is 19.8 Å². The lowest BCUT2D eigenvalue weighted by atomic mass is 9.95. The summed E-state index contributed by atoms with van der Waals surface area (Å²) in [6.07, 6.45) is 1.24. The normalized spacial score (nSPS) is 28.8. The van der Waals surface area contributed by atoms with Gasteiger partial charge in [-0.25, -0.2) is 0 Å². The van der Waals surface area contributed by atoms with Crippen LogP contribution in [-0.4, -0.2) is 23.5 Å². The Hall–Kier alpha value is -0.840. The highest BCUT2D eigenvalue weighted by atomic mass is 79.9. The van der Waals surface area contributed by atoms with Crippen LogP contribution in [0.5, 0.6) is 0 Å². The minimum Gasteiger partial charge on any atom is -0.481 e. The fourth-order valence-corrected chi connectivity index (χ4v) is 2.31. The third-order valence-electron chi connectivity index (χ3n) is 2.91. The van der Waals surface area contributed by atoms with Crippen LogP contribution in [0.2, 0.25) is 0 Å². The van der Waals surface area contributed by atoms with Crippen LogP contribution in [-0.2, 0) is 9.59 Å². The van der Waals surface area contributed by atoms with Gasteiger partial charge in [-0.1, -0.05) is 29.4 Å². The van der Waals surface area contributed by atoms with Gasteiger partial charge in [-0.3, -0.25) is 9.59 Å². The van der Waals surface area contributed by atoms with E-state index in [1.807, 2.05) is 6.92 Å². The van der Waals surface area contributed by atoms with E-state index in [1.54, 1.807) is 0 Å². The van der Waals surface area contributed by atoms with Crippen LogP contribution in [0.3, 0.4) is 0 Å². The van der Waals surface area contributed by atoms with Crippen LogP contribution in [0.4, 0.5) is 0 Å². The molecule has 1 rings (SSSR count). The zero-order valence-electron chi connectivity index (χ0n) is 9.20. The van der Waals surface area contributed by atoms with Crippen LogP contribution in [0.25, 0.3) is 0 Å². The number of halogens is 1. The van der Waals surface area contributed by atoms with E-state index in [9.17, 15) is 9.59 Å². The van der Waals surface area contributed by atoms with Crippen LogP contribution >= 0.6 is 15.9 Å². The summed E-state index contributed by atoms with van der Waals surface area (Å²) in [7, 11) is 0. The second-order valence-corrected chi connectivity index (χ2v) is 5.48. The first kappa shape index (κ1) is 13.2. The van der Waals surface area contributed by atoms with Crippen molar-refractivity contribution in [1.29, 1.82) is 0 Å². The number of carboxylic acid groups (broad SMARTS) is 1. The van der Waals surface area contributed by atoms with E-state index in [4.69, 9.17) is 5.11 Å². The molecule has 0 heterocycles. The van der Waals surface area contributed by atoms with Crippen molar-refractivity contribution in [3.05, 3.63) is 11.1 Å². The molecule has 0 aromatic carbocycles. The van der Waals surface area contributed by atoms with Gasteiger partial charge in [0.05, 0.1) is 11.8 Å². The summed E-state index contributed by atoms with van der Waals surface area (Å²) >= 11 is 3.14. The largest absolute Gasteiger partial charge is 0.481 e. The molecule has 2 N–H and O–H groups in total. The molecule has 1 aliphatic rings. The van der Waals surface area contributed by atoms with Gasteiger partial charge in [0.15, 0.2) is 0 Å². The van der Waals surface area contributed by atoms with Crippen molar-refractivity contribution in [2.75, 3.05) is 6.54 Å². The summed E-state index contributed by atoms with van der Waals surface area (Å²) in [5.74, 6) is -1.71. The Labute approximate surface area is 103 Å². The number of carboxylic acids is 1. The molecule has 0 aliphatic heterocycles. The predicted octanol–water partition coefficient (Wildman–Crippen LogP) is 1.76. The van der Waals surface area contributed by atoms with Gasteiger partial charge in [-0.05, 0) is 18.8 Å². The Bertz CT molecular complexity index is 316. The number of nitrogens with one attached hydrogen (secondary N) is 1. The molecule has 5 heteroatoms. The SMILES string of the molecule is C=C(Br)CNC(=O)[C@H]1CC(C)C[C@H]1C(=O)O. The molecule has 0 spiro atoms. The highest BCUT2D eigenvalue weighted by Gasteiger charge is 2.40. The van der Waals surface area contributed by atoms with E-state index >= 15 is 0 Å². The highest BCUT2D eigenvalue weighted by Crippen LogP contribution is 2.36. The van der Waals surface area contributed by atoms with E-state index in [-0.39, 0.29) is 5.91 Å². The molecule has 16 heavy (non-hydrogen) atoms. The molecule has 4 nitrogen and oxygen atoms in total. The van der Waals surface area contributed by atoms with Crippen molar-refractivity contribution in [2.45, 2.75) is 19.8 Å². The molecular formula is C11H16BrNO3. The number of hydrogen-bond donors (Lipinski definition) is 2. The Morgan fingerprint density at radius 1 is 1.44 bits per heavy atom. The lowest BCUT2D eigenvalue weighted by molar-refractivity contribution is -0.146. The minimum absolute atomic E-state index is 0.183. The summed E-state index contributed by atoms with van der Waals surface area (Å²) in [5.41, 5.74) is 0. The molecule has 1 amide bonds. The van der Waals surface area contributed by atoms with E-state index in [0.717, 1.165) is 0 Å². The van der Waals surface area contributed by atoms with Gasteiger partial charge in [0.1, 0.15) is 0 Å². The molecule has 1 aliphatic carbocycles. The van der Waals surface area contributed by atoms with Crippen LogP contribution < -0.4 is 5.32 Å². The fourth-order valence-electron chi connectivity index (χ4n) is 2.17. The summed E-state index contributed by atoms with van der Waals surface area (Å²) < 4.78 is 0.679. The summed E-state index contributed by atoms with van der Waals surface area (Å²) in [6.45, 7) is 5.93. The fraction of sp³-hybridized carbons (Fsp3) is 0.636. The average Bonchev–Trinajstić information content (AvgIpc) is 2.56. The molecule has 0 saturated heterocycles. The highest BCUT2D eigenvalue weighted by molar-refractivity contribution is 9.11. The topological polar surface area (TPSA) is 66.4 Å². The monoisotopic (exact) mass is 289 g/mol. The predicted molar refractivity (Wildman–Crippen MR) is 64.1 cm³/mol. The zero-order valence-corrected chi connectivity index (χ0v) is 10.8. The third-order valence-corrected chi connectivity index (χ3v) is 3.19. The lowest BCUT2D eigenvalue weighted by Gasteiger charge is -2.15. The maximum absolute atomic E-state index is 11.8. The van der Waals surface area contributed by atoms with Crippen molar-refractivity contribution in [3.63, 3.8) is 0 Å². The number of rotatable bonds is 4. The van der Waals surface area contributed by atoms with Gasteiger partial charge in [0, 0.05) is 11.0 Å². The number of carbonyl (C=O) groups is 2. The van der Waals surface area contributed by atoms with Crippen molar-refractivity contribution in [1.82, 2.24) is 5.32 Å². The molecule has 0 radical (unpaired) electrons. The van der Waals surface area contributed by atoms with E-state index < -0.39 is 17.8 Å². The van der Waals surface area contributed by atoms with Crippen molar-refractivity contribution < 1.29 is 14.7 Å². The van der Waals surface area contributed by atoms with Crippen molar-refractivity contribution in [2.24, 2.45) is 17.8 Å². The lowest BCUT2D eigenvalue weighted by Crippen LogP contribution is -2.35. The standard InChI is InChI=1S/C11H16BrNO3/c1-6-3-8(9(4-6)11(15)16)10(14)13-5-7(2)12/h6,8-9H,2-5H2,1H3,(H,13,14)(H,15,16)/t6?,8-,9+/m0/s1. The van der Waals surface area contributed by atoms with E-state index in [1.165, 1.54) is 0 Å². The zero-order chi connectivity index (χ0) is 12.3. The van der Waals surface area contributed by atoms with Gasteiger partial charge in [-0.15, -0.1) is 0 Å². The Morgan fingerprint density at radius 2 is 2.00 bits per heavy atom. The summed E-state index contributed by atoms with van der Waals surface area (Å²) in [5, 5.41) is 11.7. The molecular weight excluding hydrogens is 274 g/mol. The second kappa shape index (κ2) is 5.48. The number of hydrogen-bond acceptors (Lipinski definition) is 2. The molecule has 90 valence electrons. The Balaban J connectivity index is 2.59. The van der Waals surface area contributed by atoms with Gasteiger partial charge in [0.25, 0.3) is 0 Å². The first-order valence-electron chi connectivity index (χ1n) is 5.25. The van der Waals surface area contributed by atoms with Crippen LogP contribution in [0.15, 0.2) is 11.1 Å². The summed E-state index contributed by atoms with van der Waals surface area (Å²) in [4.78, 5) is 22.8. The first-order chi connectivity index (χ1) is 7.41. The molecule has 1 unspecified atom stereocenters. The Morgan fingerprint density at radius 3 is 2.50 bits per heavy atom. The van der Waals surface area contributed by atoms with Gasteiger partial charge in [0.2, 0.25) is 5.91 Å². The maximum Gasteiger partial charge on any atom is 0.307 e. The van der Waals surface area contributed by atoms with Gasteiger partial charge < -0.3 is 10.4 Å². The average molecular weight is 290 g/mol. The molecule has 3 atom stereocenters. The maximum atomic E-state index is 11.8. The number of aliphatic carboxylic acids is 1. The number of amides is 1. The van der Waals surface area contributed by atoms with Crippen molar-refractivity contribution >= 4 is 27.8 Å². The molecule has 0 bridgehead atoms. The molecule has 0 aromatic heterocycles. The first-order valence-corrected chi connectivity index (χ1v) is 6.05.